The van der Waals surface area contributed by atoms with Crippen LogP contribution in [0.5, 0.6) is 0 Å². The van der Waals surface area contributed by atoms with E-state index in [-0.39, 0.29) is 11.9 Å². The Bertz CT molecular complexity index is 573. The van der Waals surface area contributed by atoms with Crippen molar-refractivity contribution >= 4 is 11.9 Å². The number of nitrogens with one attached hydrogen (secondary N) is 2. The van der Waals surface area contributed by atoms with E-state index in [0.717, 1.165) is 38.4 Å². The average molecular weight is 359 g/mol. The van der Waals surface area contributed by atoms with E-state index < -0.39 is 0 Å². The third-order valence-corrected chi connectivity index (χ3v) is 4.91. The number of aliphatic imine (C=N–C) groups is 1. The van der Waals surface area contributed by atoms with Crippen LogP contribution in [-0.4, -0.2) is 49.0 Å². The van der Waals surface area contributed by atoms with Gasteiger partial charge in [0, 0.05) is 32.1 Å². The lowest BCUT2D eigenvalue weighted by atomic mass is 9.99. The SMILES string of the molecule is CCNC(=NCCC(=O)NC(C)CC)N1CCC(Cc2ccccc2)C1. The Morgan fingerprint density at radius 3 is 2.77 bits per heavy atom. The molecule has 2 unspecified atom stereocenters. The molecule has 5 nitrogen and oxygen atoms in total. The molecule has 2 atom stereocenters. The summed E-state index contributed by atoms with van der Waals surface area (Å²) in [5, 5.41) is 6.38. The summed E-state index contributed by atoms with van der Waals surface area (Å²) >= 11 is 0. The molecule has 0 bridgehead atoms. The fourth-order valence-corrected chi connectivity index (χ4v) is 3.28. The molecule has 2 N–H and O–H groups in total. The summed E-state index contributed by atoms with van der Waals surface area (Å²) in [6.45, 7) is 9.63. The van der Waals surface area contributed by atoms with E-state index in [1.165, 1.54) is 12.0 Å². The molecule has 26 heavy (non-hydrogen) atoms. The Morgan fingerprint density at radius 1 is 1.31 bits per heavy atom. The molecule has 1 aliphatic heterocycles. The Morgan fingerprint density at radius 2 is 2.08 bits per heavy atom. The zero-order valence-electron chi connectivity index (χ0n) is 16.5. The van der Waals surface area contributed by atoms with Gasteiger partial charge in [-0.1, -0.05) is 37.3 Å². The average Bonchev–Trinajstić information content (AvgIpc) is 3.10. The first-order valence-electron chi connectivity index (χ1n) is 9.98. The van der Waals surface area contributed by atoms with Crippen molar-refractivity contribution in [3.05, 3.63) is 35.9 Å². The zero-order chi connectivity index (χ0) is 18.8. The van der Waals surface area contributed by atoms with Gasteiger partial charge < -0.3 is 15.5 Å². The van der Waals surface area contributed by atoms with Gasteiger partial charge in [0.05, 0.1) is 6.54 Å². The van der Waals surface area contributed by atoms with Crippen LogP contribution in [0.2, 0.25) is 0 Å². The normalized spacial score (nSPS) is 18.7. The molecular weight excluding hydrogens is 324 g/mol. The lowest BCUT2D eigenvalue weighted by Crippen LogP contribution is -2.40. The van der Waals surface area contributed by atoms with Crippen LogP contribution in [0.4, 0.5) is 0 Å². The maximum absolute atomic E-state index is 11.9. The smallest absolute Gasteiger partial charge is 0.222 e. The molecule has 1 amide bonds. The van der Waals surface area contributed by atoms with E-state index in [0.29, 0.717) is 18.9 Å². The number of carbonyl (C=O) groups is 1. The fourth-order valence-electron chi connectivity index (χ4n) is 3.28. The first kappa shape index (κ1) is 20.3. The van der Waals surface area contributed by atoms with Gasteiger partial charge >= 0.3 is 0 Å². The van der Waals surface area contributed by atoms with Crippen LogP contribution < -0.4 is 10.6 Å². The van der Waals surface area contributed by atoms with E-state index in [4.69, 9.17) is 0 Å². The minimum atomic E-state index is 0.0855. The number of nitrogens with zero attached hydrogens (tertiary/aromatic N) is 2. The minimum absolute atomic E-state index is 0.0855. The van der Waals surface area contributed by atoms with Crippen molar-refractivity contribution in [2.24, 2.45) is 10.9 Å². The summed E-state index contributed by atoms with van der Waals surface area (Å²) < 4.78 is 0. The highest BCUT2D eigenvalue weighted by atomic mass is 16.1. The predicted octanol–water partition coefficient (Wildman–Crippen LogP) is 2.82. The molecule has 0 spiro atoms. The Labute approximate surface area is 158 Å². The first-order valence-corrected chi connectivity index (χ1v) is 9.98. The van der Waals surface area contributed by atoms with Gasteiger partial charge in [0.25, 0.3) is 0 Å². The molecule has 1 aromatic rings. The lowest BCUT2D eigenvalue weighted by molar-refractivity contribution is -0.121. The number of benzene rings is 1. The molecule has 1 aliphatic rings. The molecule has 2 rings (SSSR count). The summed E-state index contributed by atoms with van der Waals surface area (Å²) in [7, 11) is 0. The topological polar surface area (TPSA) is 56.7 Å². The maximum atomic E-state index is 11.9. The number of hydrogen-bond acceptors (Lipinski definition) is 2. The standard InChI is InChI=1S/C21H34N4O/c1-4-17(3)24-20(26)11-13-23-21(22-5-2)25-14-12-19(16-25)15-18-9-7-6-8-10-18/h6-10,17,19H,4-5,11-16H2,1-3H3,(H,22,23)(H,24,26). The van der Waals surface area contributed by atoms with Crippen LogP contribution in [0, 0.1) is 5.92 Å². The summed E-state index contributed by atoms with van der Waals surface area (Å²) in [5.41, 5.74) is 1.41. The molecule has 1 saturated heterocycles. The van der Waals surface area contributed by atoms with Gasteiger partial charge in [0.2, 0.25) is 5.91 Å². The minimum Gasteiger partial charge on any atom is -0.357 e. The molecular formula is C21H34N4O. The van der Waals surface area contributed by atoms with Crippen LogP contribution in [0.3, 0.4) is 0 Å². The summed E-state index contributed by atoms with van der Waals surface area (Å²) in [6.07, 6.45) is 3.70. The molecule has 144 valence electrons. The number of hydrogen-bond donors (Lipinski definition) is 2. The largest absolute Gasteiger partial charge is 0.357 e. The number of amides is 1. The van der Waals surface area contributed by atoms with Crippen LogP contribution in [0.15, 0.2) is 35.3 Å². The molecule has 0 saturated carbocycles. The fraction of sp³-hybridized carbons (Fsp3) is 0.619. The second kappa shape index (κ2) is 10.8. The van der Waals surface area contributed by atoms with Gasteiger partial charge in [-0.3, -0.25) is 9.79 Å². The summed E-state index contributed by atoms with van der Waals surface area (Å²) in [4.78, 5) is 18.9. The van der Waals surface area contributed by atoms with E-state index in [9.17, 15) is 4.79 Å². The molecule has 5 heteroatoms. The maximum Gasteiger partial charge on any atom is 0.222 e. The van der Waals surface area contributed by atoms with Crippen LogP contribution in [-0.2, 0) is 11.2 Å². The van der Waals surface area contributed by atoms with Gasteiger partial charge in [-0.2, -0.15) is 0 Å². The lowest BCUT2D eigenvalue weighted by Gasteiger charge is -2.22. The summed E-state index contributed by atoms with van der Waals surface area (Å²) in [5.74, 6) is 1.69. The highest BCUT2D eigenvalue weighted by Crippen LogP contribution is 2.20. The predicted molar refractivity (Wildman–Crippen MR) is 108 cm³/mol. The highest BCUT2D eigenvalue weighted by Gasteiger charge is 2.24. The number of guanidine groups is 1. The van der Waals surface area contributed by atoms with Crippen molar-refractivity contribution in [1.82, 2.24) is 15.5 Å². The molecule has 1 fully saturated rings. The van der Waals surface area contributed by atoms with Crippen LogP contribution >= 0.6 is 0 Å². The van der Waals surface area contributed by atoms with Crippen molar-refractivity contribution in [3.63, 3.8) is 0 Å². The van der Waals surface area contributed by atoms with Crippen LogP contribution in [0.25, 0.3) is 0 Å². The van der Waals surface area contributed by atoms with Crippen LogP contribution in [0.1, 0.15) is 45.6 Å². The Kier molecular flexibility index (Phi) is 8.45. The van der Waals surface area contributed by atoms with E-state index in [2.05, 4.69) is 64.7 Å². The molecule has 0 aromatic heterocycles. The molecule has 0 radical (unpaired) electrons. The van der Waals surface area contributed by atoms with Gasteiger partial charge in [-0.05, 0) is 44.6 Å². The van der Waals surface area contributed by atoms with Gasteiger partial charge in [0.15, 0.2) is 5.96 Å². The van der Waals surface area contributed by atoms with Crippen molar-refractivity contribution in [2.45, 2.75) is 52.5 Å². The monoisotopic (exact) mass is 358 g/mol. The summed E-state index contributed by atoms with van der Waals surface area (Å²) in [6, 6.07) is 10.9. The number of likely N-dealkylation sites (tertiary alicyclic amines) is 1. The number of rotatable bonds is 8. The van der Waals surface area contributed by atoms with Gasteiger partial charge in [0.1, 0.15) is 0 Å². The van der Waals surface area contributed by atoms with Gasteiger partial charge in [-0.15, -0.1) is 0 Å². The molecule has 1 aromatic carbocycles. The third kappa shape index (κ3) is 6.70. The molecule has 1 heterocycles. The van der Waals surface area contributed by atoms with Crippen molar-refractivity contribution in [3.8, 4) is 0 Å². The molecule has 0 aliphatic carbocycles. The third-order valence-electron chi connectivity index (χ3n) is 4.91. The van der Waals surface area contributed by atoms with Crippen molar-refractivity contribution in [2.75, 3.05) is 26.2 Å². The zero-order valence-corrected chi connectivity index (χ0v) is 16.5. The first-order chi connectivity index (χ1) is 12.6. The quantitative estimate of drug-likeness (QED) is 0.555. The van der Waals surface area contributed by atoms with E-state index >= 15 is 0 Å². The second-order valence-electron chi connectivity index (χ2n) is 7.15. The van der Waals surface area contributed by atoms with E-state index in [1.807, 2.05) is 6.92 Å². The highest BCUT2D eigenvalue weighted by molar-refractivity contribution is 5.81. The van der Waals surface area contributed by atoms with Crippen molar-refractivity contribution < 1.29 is 4.79 Å². The Balaban J connectivity index is 1.83. The van der Waals surface area contributed by atoms with Gasteiger partial charge in [-0.25, -0.2) is 0 Å². The van der Waals surface area contributed by atoms with Crippen molar-refractivity contribution in [1.29, 1.82) is 0 Å². The number of carbonyl (C=O) groups excluding carboxylic acids is 1. The second-order valence-corrected chi connectivity index (χ2v) is 7.15. The van der Waals surface area contributed by atoms with E-state index in [1.54, 1.807) is 0 Å². The Hall–Kier alpha value is -2.04.